The number of hydrogen-bond donors (Lipinski definition) is 1. The highest BCUT2D eigenvalue weighted by Crippen LogP contribution is 2.24. The van der Waals surface area contributed by atoms with E-state index in [1.807, 2.05) is 6.92 Å². The molecular weight excluding hydrogens is 254 g/mol. The van der Waals surface area contributed by atoms with Gasteiger partial charge in [0.15, 0.2) is 0 Å². The summed E-state index contributed by atoms with van der Waals surface area (Å²) >= 11 is 3.62. The molecule has 1 amide bonds. The van der Waals surface area contributed by atoms with E-state index in [4.69, 9.17) is 0 Å². The van der Waals surface area contributed by atoms with Crippen LogP contribution in [0, 0.1) is 5.92 Å². The summed E-state index contributed by atoms with van der Waals surface area (Å²) in [7, 11) is 0. The maximum Gasteiger partial charge on any atom is 0.223 e. The average Bonchev–Trinajstić information content (AvgIpc) is 2.22. The number of rotatable bonds is 4. The van der Waals surface area contributed by atoms with Gasteiger partial charge in [0.05, 0.1) is 0 Å². The fraction of sp³-hybridized carbons (Fsp3) is 0.917. The van der Waals surface area contributed by atoms with Crippen molar-refractivity contribution in [2.24, 2.45) is 5.92 Å². The molecule has 0 radical (unpaired) electrons. The van der Waals surface area contributed by atoms with Crippen molar-refractivity contribution in [2.45, 2.75) is 63.2 Å². The van der Waals surface area contributed by atoms with Gasteiger partial charge in [-0.1, -0.05) is 36.2 Å². The first-order chi connectivity index (χ1) is 7.13. The molecule has 0 aromatic carbocycles. The Balaban J connectivity index is 2.25. The van der Waals surface area contributed by atoms with Gasteiger partial charge in [0.25, 0.3) is 0 Å². The molecule has 1 saturated carbocycles. The van der Waals surface area contributed by atoms with Crippen LogP contribution < -0.4 is 5.32 Å². The molecule has 0 spiro atoms. The number of amides is 1. The average molecular weight is 276 g/mol. The minimum atomic E-state index is 0.177. The summed E-state index contributed by atoms with van der Waals surface area (Å²) in [5.74, 6) is 0.423. The molecular formula is C12H22BrNO. The molecule has 1 fully saturated rings. The zero-order valence-electron chi connectivity index (χ0n) is 9.76. The highest BCUT2D eigenvalue weighted by Gasteiger charge is 2.22. The molecule has 1 unspecified atom stereocenters. The van der Waals surface area contributed by atoms with Crippen LogP contribution in [0.5, 0.6) is 0 Å². The molecule has 15 heavy (non-hydrogen) atoms. The maximum absolute atomic E-state index is 11.8. The molecule has 1 aliphatic carbocycles. The van der Waals surface area contributed by atoms with E-state index in [0.717, 1.165) is 25.7 Å². The summed E-state index contributed by atoms with van der Waals surface area (Å²) in [5, 5.41) is 3.16. The van der Waals surface area contributed by atoms with Crippen molar-refractivity contribution in [3.8, 4) is 0 Å². The number of carbonyl (C=O) groups is 1. The second-order valence-electron chi connectivity index (χ2n) is 4.65. The molecule has 1 N–H and O–H groups in total. The minimum Gasteiger partial charge on any atom is -0.353 e. The van der Waals surface area contributed by atoms with Gasteiger partial charge in [0, 0.05) is 16.8 Å². The third-order valence-electron chi connectivity index (χ3n) is 3.17. The van der Waals surface area contributed by atoms with Crippen LogP contribution in [-0.2, 0) is 4.79 Å². The lowest BCUT2D eigenvalue weighted by molar-refractivity contribution is -0.125. The van der Waals surface area contributed by atoms with Crippen LogP contribution in [0.1, 0.15) is 52.4 Å². The van der Waals surface area contributed by atoms with Gasteiger partial charge in [0.2, 0.25) is 5.91 Å². The predicted molar refractivity (Wildman–Crippen MR) is 67.2 cm³/mol. The largest absolute Gasteiger partial charge is 0.353 e. The highest BCUT2D eigenvalue weighted by molar-refractivity contribution is 9.09. The monoisotopic (exact) mass is 275 g/mol. The quantitative estimate of drug-likeness (QED) is 0.785. The van der Waals surface area contributed by atoms with E-state index in [1.165, 1.54) is 12.8 Å². The second kappa shape index (κ2) is 6.51. The molecule has 0 bridgehead atoms. The van der Waals surface area contributed by atoms with Crippen molar-refractivity contribution in [3.05, 3.63) is 0 Å². The molecule has 1 atom stereocenters. The molecule has 3 heteroatoms. The van der Waals surface area contributed by atoms with E-state index >= 15 is 0 Å². The Morgan fingerprint density at radius 1 is 1.40 bits per heavy atom. The first kappa shape index (κ1) is 13.0. The Kier molecular flexibility index (Phi) is 5.65. The van der Waals surface area contributed by atoms with E-state index in [9.17, 15) is 4.79 Å². The summed E-state index contributed by atoms with van der Waals surface area (Å²) in [6.07, 6.45) is 6.71. The molecule has 1 rings (SSSR count). The minimum absolute atomic E-state index is 0.177. The van der Waals surface area contributed by atoms with E-state index in [-0.39, 0.29) is 11.8 Å². The Morgan fingerprint density at radius 2 is 2.00 bits per heavy atom. The number of carbonyl (C=O) groups excluding carboxylic acids is 1. The normalized spacial score (nSPS) is 28.5. The fourth-order valence-corrected chi connectivity index (χ4v) is 2.63. The van der Waals surface area contributed by atoms with Gasteiger partial charge in [-0.05, 0) is 32.1 Å². The van der Waals surface area contributed by atoms with E-state index in [0.29, 0.717) is 10.9 Å². The van der Waals surface area contributed by atoms with E-state index in [2.05, 4.69) is 28.2 Å². The lowest BCUT2D eigenvalue weighted by atomic mass is 9.94. The Labute approximate surface area is 101 Å². The molecule has 0 aromatic heterocycles. The van der Waals surface area contributed by atoms with Crippen molar-refractivity contribution in [1.29, 1.82) is 0 Å². The lowest BCUT2D eigenvalue weighted by Crippen LogP contribution is -2.40. The zero-order valence-corrected chi connectivity index (χ0v) is 11.3. The van der Waals surface area contributed by atoms with Crippen LogP contribution in [0.3, 0.4) is 0 Å². The third-order valence-corrected chi connectivity index (χ3v) is 4.09. The second-order valence-corrected chi connectivity index (χ2v) is 5.94. The predicted octanol–water partition coefficient (Wildman–Crippen LogP) is 3.24. The molecule has 0 aromatic rings. The van der Waals surface area contributed by atoms with Crippen LogP contribution in [0.15, 0.2) is 0 Å². The van der Waals surface area contributed by atoms with Crippen molar-refractivity contribution < 1.29 is 4.79 Å². The molecule has 1 aliphatic rings. The first-order valence-electron chi connectivity index (χ1n) is 6.08. The van der Waals surface area contributed by atoms with Crippen molar-refractivity contribution in [3.63, 3.8) is 0 Å². The van der Waals surface area contributed by atoms with Gasteiger partial charge >= 0.3 is 0 Å². The molecule has 0 saturated heterocycles. The van der Waals surface area contributed by atoms with Gasteiger partial charge in [-0.25, -0.2) is 0 Å². The van der Waals surface area contributed by atoms with Crippen LogP contribution in [0.4, 0.5) is 0 Å². The summed E-state index contributed by atoms with van der Waals surface area (Å²) in [6, 6.07) is 0.422. The number of nitrogens with one attached hydrogen (secondary N) is 1. The molecule has 0 heterocycles. The van der Waals surface area contributed by atoms with Crippen LogP contribution in [-0.4, -0.2) is 16.8 Å². The number of hydrogen-bond acceptors (Lipinski definition) is 1. The van der Waals surface area contributed by atoms with Gasteiger partial charge < -0.3 is 5.32 Å². The van der Waals surface area contributed by atoms with Gasteiger partial charge in [0.1, 0.15) is 0 Å². The summed E-state index contributed by atoms with van der Waals surface area (Å²) < 4.78 is 0. The summed E-state index contributed by atoms with van der Waals surface area (Å²) in [4.78, 5) is 12.4. The van der Waals surface area contributed by atoms with Crippen LogP contribution in [0.25, 0.3) is 0 Å². The summed E-state index contributed by atoms with van der Waals surface area (Å²) in [5.41, 5.74) is 0. The summed E-state index contributed by atoms with van der Waals surface area (Å²) in [6.45, 7) is 4.15. The zero-order chi connectivity index (χ0) is 11.3. The Hall–Kier alpha value is -0.0500. The Morgan fingerprint density at radius 3 is 2.53 bits per heavy atom. The molecule has 0 aliphatic heterocycles. The van der Waals surface area contributed by atoms with E-state index in [1.54, 1.807) is 0 Å². The maximum atomic E-state index is 11.8. The van der Waals surface area contributed by atoms with Crippen LogP contribution >= 0.6 is 15.9 Å². The third kappa shape index (κ3) is 4.54. The van der Waals surface area contributed by atoms with Gasteiger partial charge in [-0.2, -0.15) is 0 Å². The molecule has 88 valence electrons. The molecule has 2 nitrogen and oxygen atoms in total. The topological polar surface area (TPSA) is 29.1 Å². The standard InChI is InChI=1S/C12H22BrNO/c1-3-4-9(2)12(15)14-11-7-5-10(13)6-8-11/h9-11H,3-8H2,1-2H3,(H,14,15). The SMILES string of the molecule is CCCC(C)C(=O)NC1CCC(Br)CC1. The highest BCUT2D eigenvalue weighted by atomic mass is 79.9. The fourth-order valence-electron chi connectivity index (χ4n) is 2.10. The number of alkyl halides is 1. The number of halogens is 1. The van der Waals surface area contributed by atoms with Crippen molar-refractivity contribution in [2.75, 3.05) is 0 Å². The van der Waals surface area contributed by atoms with Crippen LogP contribution in [0.2, 0.25) is 0 Å². The van der Waals surface area contributed by atoms with E-state index < -0.39 is 0 Å². The Bertz CT molecular complexity index is 200. The smallest absolute Gasteiger partial charge is 0.223 e. The van der Waals surface area contributed by atoms with Crippen molar-refractivity contribution >= 4 is 21.8 Å². The van der Waals surface area contributed by atoms with Gasteiger partial charge in [-0.3, -0.25) is 4.79 Å². The first-order valence-corrected chi connectivity index (χ1v) is 6.99. The van der Waals surface area contributed by atoms with Crippen molar-refractivity contribution in [1.82, 2.24) is 5.32 Å². The lowest BCUT2D eigenvalue weighted by Gasteiger charge is -2.27. The van der Waals surface area contributed by atoms with Gasteiger partial charge in [-0.15, -0.1) is 0 Å².